The van der Waals surface area contributed by atoms with Crippen molar-refractivity contribution in [1.29, 1.82) is 0 Å². The third kappa shape index (κ3) is 3.55. The molecule has 0 unspecified atom stereocenters. The molecule has 0 bridgehead atoms. The zero-order valence-corrected chi connectivity index (χ0v) is 15.2. The smallest absolute Gasteiger partial charge is 0.191 e. The molecule has 1 aromatic carbocycles. The van der Waals surface area contributed by atoms with Gasteiger partial charge in [-0.2, -0.15) is 0 Å². The van der Waals surface area contributed by atoms with Crippen LogP contribution in [0.15, 0.2) is 59.6 Å². The first kappa shape index (κ1) is 16.6. The van der Waals surface area contributed by atoms with Gasteiger partial charge in [0.2, 0.25) is 0 Å². The molecule has 26 heavy (non-hydrogen) atoms. The van der Waals surface area contributed by atoms with Crippen LogP contribution in [0.25, 0.3) is 5.69 Å². The largest absolute Gasteiger partial charge is 0.370 e. The minimum absolute atomic E-state index is 0.548. The molecule has 1 saturated heterocycles. The van der Waals surface area contributed by atoms with E-state index >= 15 is 0 Å². The van der Waals surface area contributed by atoms with Crippen molar-refractivity contribution in [3.8, 4) is 5.69 Å². The molecule has 0 spiro atoms. The lowest BCUT2D eigenvalue weighted by molar-refractivity contribution is 0.380. The lowest BCUT2D eigenvalue weighted by Gasteiger charge is -2.35. The van der Waals surface area contributed by atoms with Crippen LogP contribution >= 0.6 is 11.3 Å². The third-order valence-electron chi connectivity index (χ3n) is 4.48. The van der Waals surface area contributed by atoms with E-state index in [0.29, 0.717) is 12.5 Å². The van der Waals surface area contributed by atoms with E-state index in [1.54, 1.807) is 23.9 Å². The van der Waals surface area contributed by atoms with Gasteiger partial charge in [-0.25, -0.2) is 15.0 Å². The molecule has 2 N–H and O–H groups in total. The monoisotopic (exact) mass is 367 g/mol. The maximum Gasteiger partial charge on any atom is 0.191 e. The van der Waals surface area contributed by atoms with Gasteiger partial charge in [-0.3, -0.25) is 0 Å². The van der Waals surface area contributed by atoms with E-state index < -0.39 is 0 Å². The number of aromatic nitrogens is 3. The van der Waals surface area contributed by atoms with Crippen LogP contribution in [0.3, 0.4) is 0 Å². The fourth-order valence-corrected chi connectivity index (χ4v) is 3.76. The average Bonchev–Trinajstić information content (AvgIpc) is 3.40. The first-order chi connectivity index (χ1) is 12.8. The van der Waals surface area contributed by atoms with Gasteiger partial charge in [0.25, 0.3) is 0 Å². The van der Waals surface area contributed by atoms with Gasteiger partial charge in [0, 0.05) is 50.1 Å². The average molecular weight is 367 g/mol. The number of para-hydroxylation sites is 1. The molecule has 2 aromatic heterocycles. The first-order valence-corrected chi connectivity index (χ1v) is 9.45. The number of piperazine rings is 1. The molecule has 4 rings (SSSR count). The molecule has 1 aliphatic rings. The quantitative estimate of drug-likeness (QED) is 0.564. The normalized spacial score (nSPS) is 15.5. The number of guanidine groups is 1. The number of anilines is 1. The minimum Gasteiger partial charge on any atom is -0.370 e. The zero-order chi connectivity index (χ0) is 17.8. The molecule has 3 heterocycles. The summed E-state index contributed by atoms with van der Waals surface area (Å²) in [5, 5.41) is 3.09. The summed E-state index contributed by atoms with van der Waals surface area (Å²) in [4.78, 5) is 17.6. The van der Waals surface area contributed by atoms with Crippen molar-refractivity contribution in [3.63, 3.8) is 0 Å². The summed E-state index contributed by atoms with van der Waals surface area (Å²) in [5.41, 5.74) is 8.45. The van der Waals surface area contributed by atoms with Crippen molar-refractivity contribution in [3.05, 3.63) is 60.1 Å². The molecule has 3 aromatic rings. The fourth-order valence-electron chi connectivity index (χ4n) is 3.06. The molecule has 0 saturated carbocycles. The van der Waals surface area contributed by atoms with Crippen LogP contribution in [0.5, 0.6) is 0 Å². The second kappa shape index (κ2) is 7.57. The molecule has 0 atom stereocenters. The van der Waals surface area contributed by atoms with Crippen molar-refractivity contribution in [2.24, 2.45) is 10.7 Å². The number of thiazole rings is 1. The third-order valence-corrected chi connectivity index (χ3v) is 5.31. The lowest BCUT2D eigenvalue weighted by Crippen LogP contribution is -2.51. The van der Waals surface area contributed by atoms with E-state index in [1.165, 1.54) is 0 Å². The maximum atomic E-state index is 6.25. The van der Waals surface area contributed by atoms with E-state index in [0.717, 1.165) is 42.6 Å². The van der Waals surface area contributed by atoms with Crippen LogP contribution in [-0.2, 0) is 6.54 Å². The van der Waals surface area contributed by atoms with Crippen molar-refractivity contribution in [1.82, 2.24) is 19.4 Å². The van der Waals surface area contributed by atoms with Crippen molar-refractivity contribution < 1.29 is 0 Å². The van der Waals surface area contributed by atoms with Crippen LogP contribution < -0.4 is 10.6 Å². The molecule has 8 heteroatoms. The van der Waals surface area contributed by atoms with Gasteiger partial charge in [0.05, 0.1) is 18.6 Å². The Kier molecular flexibility index (Phi) is 4.83. The Hall–Kier alpha value is -2.87. The summed E-state index contributed by atoms with van der Waals surface area (Å²) >= 11 is 1.67. The highest BCUT2D eigenvalue weighted by Crippen LogP contribution is 2.19. The molecule has 0 amide bonds. The summed E-state index contributed by atoms with van der Waals surface area (Å²) in [6.45, 7) is 4.09. The topological polar surface area (TPSA) is 75.6 Å². The van der Waals surface area contributed by atoms with E-state index in [1.807, 2.05) is 34.5 Å². The summed E-state index contributed by atoms with van der Waals surface area (Å²) in [7, 11) is 0. The molecular weight excluding hydrogens is 346 g/mol. The maximum absolute atomic E-state index is 6.25. The number of imidazole rings is 1. The Bertz CT molecular complexity index is 850. The van der Waals surface area contributed by atoms with Gasteiger partial charge in [-0.15, -0.1) is 11.3 Å². The van der Waals surface area contributed by atoms with E-state index in [2.05, 4.69) is 36.9 Å². The number of hydrogen-bond acceptors (Lipinski definition) is 5. The van der Waals surface area contributed by atoms with Gasteiger partial charge >= 0.3 is 0 Å². The zero-order valence-electron chi connectivity index (χ0n) is 14.4. The van der Waals surface area contributed by atoms with Crippen LogP contribution in [0.1, 0.15) is 5.56 Å². The van der Waals surface area contributed by atoms with Crippen LogP contribution in [-0.4, -0.2) is 51.6 Å². The van der Waals surface area contributed by atoms with E-state index in [-0.39, 0.29) is 0 Å². The summed E-state index contributed by atoms with van der Waals surface area (Å²) < 4.78 is 1.99. The number of aliphatic imine (C=N–C) groups is 1. The summed E-state index contributed by atoms with van der Waals surface area (Å²) in [5.74, 6) is 0.601. The van der Waals surface area contributed by atoms with Crippen LogP contribution in [0, 0.1) is 0 Å². The second-order valence-electron chi connectivity index (χ2n) is 6.06. The molecule has 134 valence electrons. The molecule has 1 fully saturated rings. The van der Waals surface area contributed by atoms with Gasteiger partial charge < -0.3 is 20.1 Å². The molecule has 7 nitrogen and oxygen atoms in total. The Morgan fingerprint density at radius 3 is 2.73 bits per heavy atom. The number of hydrogen-bond donors (Lipinski definition) is 1. The molecule has 0 aliphatic carbocycles. The van der Waals surface area contributed by atoms with Gasteiger partial charge in [0.1, 0.15) is 0 Å². The van der Waals surface area contributed by atoms with E-state index in [9.17, 15) is 0 Å². The number of nitrogens with zero attached hydrogens (tertiary/aromatic N) is 6. The summed E-state index contributed by atoms with van der Waals surface area (Å²) in [6.07, 6.45) is 7.35. The molecule has 1 aliphatic heterocycles. The number of benzene rings is 1. The Balaban J connectivity index is 1.41. The minimum atomic E-state index is 0.548. The predicted molar refractivity (Wildman–Crippen MR) is 105 cm³/mol. The van der Waals surface area contributed by atoms with E-state index in [4.69, 9.17) is 5.73 Å². The first-order valence-electron chi connectivity index (χ1n) is 8.57. The lowest BCUT2D eigenvalue weighted by atomic mass is 10.2. The van der Waals surface area contributed by atoms with Gasteiger partial charge in [0.15, 0.2) is 11.1 Å². The molecule has 0 radical (unpaired) electrons. The van der Waals surface area contributed by atoms with Crippen molar-refractivity contribution in [2.75, 3.05) is 31.1 Å². The highest BCUT2D eigenvalue weighted by Gasteiger charge is 2.19. The predicted octanol–water partition coefficient (Wildman–Crippen LogP) is 1.97. The fraction of sp³-hybridized carbons (Fsp3) is 0.278. The Morgan fingerprint density at radius 2 is 2.00 bits per heavy atom. The van der Waals surface area contributed by atoms with Crippen molar-refractivity contribution >= 4 is 22.4 Å². The number of nitrogens with two attached hydrogens (primary N) is 1. The van der Waals surface area contributed by atoms with Gasteiger partial charge in [-0.05, 0) is 11.6 Å². The Labute approximate surface area is 156 Å². The van der Waals surface area contributed by atoms with Crippen LogP contribution in [0.4, 0.5) is 5.13 Å². The second-order valence-corrected chi connectivity index (χ2v) is 6.93. The highest BCUT2D eigenvalue weighted by atomic mass is 32.1. The SMILES string of the molecule is NC(=NCc1ccccc1-n1ccnc1)N1CCN(c2nccs2)CC1. The van der Waals surface area contributed by atoms with Crippen molar-refractivity contribution in [2.45, 2.75) is 6.54 Å². The molecular formula is C18H21N7S. The van der Waals surface area contributed by atoms with Crippen LogP contribution in [0.2, 0.25) is 0 Å². The Morgan fingerprint density at radius 1 is 1.15 bits per heavy atom. The highest BCUT2D eigenvalue weighted by molar-refractivity contribution is 7.13. The number of rotatable bonds is 4. The summed E-state index contributed by atoms with van der Waals surface area (Å²) in [6, 6.07) is 8.18. The standard InChI is InChI=1S/C18H21N7S/c19-17(23-8-10-24(11-9-23)18-21-6-12-26-18)22-13-15-3-1-2-4-16(15)25-7-5-20-14-25/h1-7,12,14H,8-11,13H2,(H2,19,22). The van der Waals surface area contributed by atoms with Gasteiger partial charge in [-0.1, -0.05) is 18.2 Å².